The normalized spacial score (nSPS) is 12.8. The molecule has 1 heterocycles. The molecule has 0 aliphatic rings. The Kier molecular flexibility index (Phi) is 2.82. The number of rotatable bonds is 2. The van der Waals surface area contributed by atoms with Gasteiger partial charge < -0.3 is 10.7 Å². The van der Waals surface area contributed by atoms with Gasteiger partial charge in [-0.25, -0.2) is 0 Å². The van der Waals surface area contributed by atoms with Crippen molar-refractivity contribution in [2.45, 2.75) is 6.04 Å². The van der Waals surface area contributed by atoms with E-state index in [4.69, 9.17) is 17.3 Å². The summed E-state index contributed by atoms with van der Waals surface area (Å²) >= 11 is 6.01. The maximum absolute atomic E-state index is 6.32. The maximum Gasteiger partial charge on any atom is 0.0573 e. The van der Waals surface area contributed by atoms with Gasteiger partial charge in [-0.15, -0.1) is 0 Å². The third-order valence-corrected chi connectivity index (χ3v) is 3.40. The van der Waals surface area contributed by atoms with E-state index >= 15 is 0 Å². The van der Waals surface area contributed by atoms with E-state index in [1.54, 1.807) is 0 Å². The van der Waals surface area contributed by atoms with Gasteiger partial charge in [-0.05, 0) is 29.3 Å². The third kappa shape index (κ3) is 1.90. The van der Waals surface area contributed by atoms with Gasteiger partial charge in [0.25, 0.3) is 0 Å². The lowest BCUT2D eigenvalue weighted by molar-refractivity contribution is 0.880. The molecule has 0 radical (unpaired) electrons. The van der Waals surface area contributed by atoms with E-state index < -0.39 is 0 Å². The average Bonchev–Trinajstić information content (AvgIpc) is 2.82. The standard InChI is InChI=1S/C15H13ClN2/c16-11-5-3-4-10(8-11)15(17)13-9-18-14-7-2-1-6-12(13)14/h1-9,15,18H,17H2. The van der Waals surface area contributed by atoms with E-state index in [0.717, 1.165) is 22.0 Å². The summed E-state index contributed by atoms with van der Waals surface area (Å²) in [4.78, 5) is 3.24. The summed E-state index contributed by atoms with van der Waals surface area (Å²) in [5.41, 5.74) is 9.53. The lowest BCUT2D eigenvalue weighted by Gasteiger charge is -2.11. The zero-order valence-electron chi connectivity index (χ0n) is 9.73. The minimum atomic E-state index is -0.167. The minimum absolute atomic E-state index is 0.167. The first kappa shape index (κ1) is 11.3. The van der Waals surface area contributed by atoms with E-state index in [-0.39, 0.29) is 6.04 Å². The molecule has 0 amide bonds. The fourth-order valence-electron chi connectivity index (χ4n) is 2.23. The molecule has 3 heteroatoms. The zero-order chi connectivity index (χ0) is 12.5. The van der Waals surface area contributed by atoms with Crippen LogP contribution in [-0.4, -0.2) is 4.98 Å². The Labute approximate surface area is 110 Å². The Hall–Kier alpha value is -1.77. The molecule has 3 N–H and O–H groups in total. The molecule has 1 unspecified atom stereocenters. The number of fused-ring (bicyclic) bond motifs is 1. The van der Waals surface area contributed by atoms with Gasteiger partial charge in [-0.3, -0.25) is 0 Å². The summed E-state index contributed by atoms with van der Waals surface area (Å²) in [6.45, 7) is 0. The van der Waals surface area contributed by atoms with Gasteiger partial charge in [-0.2, -0.15) is 0 Å². The molecule has 3 rings (SSSR count). The lowest BCUT2D eigenvalue weighted by atomic mass is 9.99. The highest BCUT2D eigenvalue weighted by Gasteiger charge is 2.13. The molecule has 3 aromatic rings. The summed E-state index contributed by atoms with van der Waals surface area (Å²) in [5, 5.41) is 1.87. The molecule has 0 saturated carbocycles. The zero-order valence-corrected chi connectivity index (χ0v) is 10.5. The number of aromatic amines is 1. The van der Waals surface area contributed by atoms with Crippen molar-refractivity contribution in [3.8, 4) is 0 Å². The molecule has 2 nitrogen and oxygen atoms in total. The molecule has 0 spiro atoms. The van der Waals surface area contributed by atoms with Gasteiger partial charge in [-0.1, -0.05) is 41.9 Å². The smallest absolute Gasteiger partial charge is 0.0573 e. The van der Waals surface area contributed by atoms with Crippen LogP contribution < -0.4 is 5.73 Å². The molecule has 1 atom stereocenters. The van der Waals surface area contributed by atoms with Crippen molar-refractivity contribution in [3.05, 3.63) is 70.9 Å². The average molecular weight is 257 g/mol. The summed E-state index contributed by atoms with van der Waals surface area (Å²) < 4.78 is 0. The first-order valence-electron chi connectivity index (χ1n) is 5.83. The quantitative estimate of drug-likeness (QED) is 0.718. The molecular formula is C15H13ClN2. The Morgan fingerprint density at radius 1 is 1.06 bits per heavy atom. The fraction of sp³-hybridized carbons (Fsp3) is 0.0667. The van der Waals surface area contributed by atoms with Gasteiger partial charge in [0, 0.05) is 22.1 Å². The van der Waals surface area contributed by atoms with Crippen molar-refractivity contribution in [1.82, 2.24) is 4.98 Å². The van der Waals surface area contributed by atoms with E-state index in [2.05, 4.69) is 11.1 Å². The number of nitrogens with one attached hydrogen (secondary N) is 1. The summed E-state index contributed by atoms with van der Waals surface area (Å²) in [6, 6.07) is 15.7. The Morgan fingerprint density at radius 3 is 2.72 bits per heavy atom. The third-order valence-electron chi connectivity index (χ3n) is 3.16. The largest absolute Gasteiger partial charge is 0.361 e. The maximum atomic E-state index is 6.32. The highest BCUT2D eigenvalue weighted by Crippen LogP contribution is 2.28. The van der Waals surface area contributed by atoms with E-state index in [1.807, 2.05) is 48.7 Å². The van der Waals surface area contributed by atoms with Crippen molar-refractivity contribution in [2.24, 2.45) is 5.73 Å². The summed E-state index contributed by atoms with van der Waals surface area (Å²) in [6.07, 6.45) is 1.97. The first-order chi connectivity index (χ1) is 8.75. The molecule has 0 fully saturated rings. The van der Waals surface area contributed by atoms with E-state index in [1.165, 1.54) is 0 Å². The van der Waals surface area contributed by atoms with E-state index in [9.17, 15) is 0 Å². The monoisotopic (exact) mass is 256 g/mol. The van der Waals surface area contributed by atoms with Crippen molar-refractivity contribution in [2.75, 3.05) is 0 Å². The molecule has 2 aromatic carbocycles. The Bertz CT molecular complexity index is 688. The van der Waals surface area contributed by atoms with Crippen LogP contribution in [0, 0.1) is 0 Å². The van der Waals surface area contributed by atoms with Gasteiger partial charge in [0.2, 0.25) is 0 Å². The lowest BCUT2D eigenvalue weighted by Crippen LogP contribution is -2.11. The van der Waals surface area contributed by atoms with Crippen molar-refractivity contribution < 1.29 is 0 Å². The van der Waals surface area contributed by atoms with Crippen LogP contribution in [0.2, 0.25) is 5.02 Å². The van der Waals surface area contributed by atoms with Crippen LogP contribution in [0.3, 0.4) is 0 Å². The van der Waals surface area contributed by atoms with E-state index in [0.29, 0.717) is 5.02 Å². The number of H-pyrrole nitrogens is 1. The van der Waals surface area contributed by atoms with Crippen LogP contribution in [0.25, 0.3) is 10.9 Å². The number of para-hydroxylation sites is 1. The number of hydrogen-bond acceptors (Lipinski definition) is 1. The second kappa shape index (κ2) is 4.48. The summed E-state index contributed by atoms with van der Waals surface area (Å²) in [5.74, 6) is 0. The topological polar surface area (TPSA) is 41.8 Å². The van der Waals surface area contributed by atoms with Gasteiger partial charge in [0.15, 0.2) is 0 Å². The van der Waals surface area contributed by atoms with Gasteiger partial charge in [0.05, 0.1) is 6.04 Å². The SMILES string of the molecule is NC(c1cccc(Cl)c1)c1c[nH]c2ccccc12. The van der Waals surface area contributed by atoms with Crippen LogP contribution in [-0.2, 0) is 0 Å². The van der Waals surface area contributed by atoms with Crippen LogP contribution in [0.1, 0.15) is 17.2 Å². The number of aromatic nitrogens is 1. The molecule has 0 saturated heterocycles. The van der Waals surface area contributed by atoms with Crippen LogP contribution in [0.15, 0.2) is 54.7 Å². The first-order valence-corrected chi connectivity index (χ1v) is 6.20. The highest BCUT2D eigenvalue weighted by atomic mass is 35.5. The minimum Gasteiger partial charge on any atom is -0.361 e. The van der Waals surface area contributed by atoms with Gasteiger partial charge in [0.1, 0.15) is 0 Å². The molecule has 0 aliphatic heterocycles. The van der Waals surface area contributed by atoms with Crippen molar-refractivity contribution in [3.63, 3.8) is 0 Å². The highest BCUT2D eigenvalue weighted by molar-refractivity contribution is 6.30. The number of halogens is 1. The predicted molar refractivity (Wildman–Crippen MR) is 75.8 cm³/mol. The number of nitrogens with two attached hydrogens (primary N) is 1. The number of benzene rings is 2. The Morgan fingerprint density at radius 2 is 1.89 bits per heavy atom. The Balaban J connectivity index is 2.09. The fourth-order valence-corrected chi connectivity index (χ4v) is 2.43. The molecular weight excluding hydrogens is 244 g/mol. The van der Waals surface area contributed by atoms with Gasteiger partial charge >= 0.3 is 0 Å². The predicted octanol–water partition coefficient (Wildman–Crippen LogP) is 3.87. The number of hydrogen-bond donors (Lipinski definition) is 2. The van der Waals surface area contributed by atoms with Crippen LogP contribution in [0.5, 0.6) is 0 Å². The second-order valence-electron chi connectivity index (χ2n) is 4.32. The molecule has 90 valence electrons. The molecule has 0 bridgehead atoms. The van der Waals surface area contributed by atoms with Crippen LogP contribution in [0.4, 0.5) is 0 Å². The summed E-state index contributed by atoms with van der Waals surface area (Å²) in [7, 11) is 0. The molecule has 1 aromatic heterocycles. The molecule has 0 aliphatic carbocycles. The second-order valence-corrected chi connectivity index (χ2v) is 4.76. The van der Waals surface area contributed by atoms with Crippen molar-refractivity contribution >= 4 is 22.5 Å². The van der Waals surface area contributed by atoms with Crippen molar-refractivity contribution in [1.29, 1.82) is 0 Å². The van der Waals surface area contributed by atoms with Crippen LogP contribution >= 0.6 is 11.6 Å². The molecule has 18 heavy (non-hydrogen) atoms.